The second kappa shape index (κ2) is 5.94. The first kappa shape index (κ1) is 15.0. The molecule has 0 saturated carbocycles. The molecule has 1 aromatic rings. The number of Topliss-reactive ketones (excluding diaryl/α,β-unsaturated/α-hetero) is 1. The van der Waals surface area contributed by atoms with Gasteiger partial charge in [0.1, 0.15) is 11.5 Å². The average Bonchev–Trinajstić information content (AvgIpc) is 2.76. The molecule has 0 aromatic heterocycles. The third kappa shape index (κ3) is 3.58. The van der Waals surface area contributed by atoms with Crippen molar-refractivity contribution in [2.24, 2.45) is 0 Å². The maximum absolute atomic E-state index is 11.5. The lowest BCUT2D eigenvalue weighted by Crippen LogP contribution is -2.26. The summed E-state index contributed by atoms with van der Waals surface area (Å²) in [5, 5.41) is 0. The first-order valence-corrected chi connectivity index (χ1v) is 6.86. The van der Waals surface area contributed by atoms with E-state index >= 15 is 0 Å². The molecule has 1 aromatic carbocycles. The average molecular weight is 278 g/mol. The Morgan fingerprint density at radius 1 is 1.40 bits per heavy atom. The molecule has 0 aliphatic carbocycles. The third-order valence-corrected chi connectivity index (χ3v) is 3.53. The van der Waals surface area contributed by atoms with Crippen LogP contribution < -0.4 is 4.74 Å². The molecule has 4 nitrogen and oxygen atoms in total. The normalized spacial score (nSPS) is 22.5. The summed E-state index contributed by atoms with van der Waals surface area (Å²) in [6.45, 7) is 5.91. The Kier molecular flexibility index (Phi) is 4.45. The number of hydrogen-bond donors (Lipinski definition) is 0. The quantitative estimate of drug-likeness (QED) is 0.830. The van der Waals surface area contributed by atoms with Crippen LogP contribution in [-0.2, 0) is 14.3 Å². The molecule has 1 saturated heterocycles. The molecule has 20 heavy (non-hydrogen) atoms. The van der Waals surface area contributed by atoms with Crippen LogP contribution in [0.5, 0.6) is 5.75 Å². The molecule has 110 valence electrons. The van der Waals surface area contributed by atoms with Gasteiger partial charge in [-0.3, -0.25) is 0 Å². The number of ether oxygens (including phenoxy) is 3. The highest BCUT2D eigenvalue weighted by atomic mass is 16.7. The number of carbonyl (C=O) groups is 1. The van der Waals surface area contributed by atoms with Crippen molar-refractivity contribution in [3.63, 3.8) is 0 Å². The van der Waals surface area contributed by atoms with Gasteiger partial charge in [-0.1, -0.05) is 12.1 Å². The van der Waals surface area contributed by atoms with E-state index in [-0.39, 0.29) is 17.8 Å². The van der Waals surface area contributed by atoms with Crippen molar-refractivity contribution < 1.29 is 19.0 Å². The molecule has 1 aliphatic rings. The van der Waals surface area contributed by atoms with Crippen molar-refractivity contribution in [3.05, 3.63) is 29.8 Å². The Morgan fingerprint density at radius 3 is 2.50 bits per heavy atom. The molecular formula is C16H22O4. The molecule has 0 N–H and O–H groups in total. The van der Waals surface area contributed by atoms with Gasteiger partial charge in [-0.25, -0.2) is 0 Å². The van der Waals surface area contributed by atoms with Gasteiger partial charge in [0.25, 0.3) is 0 Å². The van der Waals surface area contributed by atoms with Crippen molar-refractivity contribution >= 4 is 5.78 Å². The van der Waals surface area contributed by atoms with Crippen LogP contribution >= 0.6 is 0 Å². The van der Waals surface area contributed by atoms with Crippen LogP contribution in [0.1, 0.15) is 38.7 Å². The zero-order chi connectivity index (χ0) is 14.8. The van der Waals surface area contributed by atoms with Crippen molar-refractivity contribution in [3.8, 4) is 5.75 Å². The van der Waals surface area contributed by atoms with Crippen molar-refractivity contribution in [1.82, 2.24) is 0 Å². The summed E-state index contributed by atoms with van der Waals surface area (Å²) in [5.74, 6) is 0.394. The Labute approximate surface area is 120 Å². The molecule has 1 fully saturated rings. The van der Waals surface area contributed by atoms with Crippen LogP contribution in [0.3, 0.4) is 0 Å². The highest BCUT2D eigenvalue weighted by Gasteiger charge is 2.38. The van der Waals surface area contributed by atoms with Crippen molar-refractivity contribution in [2.75, 3.05) is 13.7 Å². The van der Waals surface area contributed by atoms with Crippen LogP contribution in [0.25, 0.3) is 0 Å². The Hall–Kier alpha value is -1.39. The van der Waals surface area contributed by atoms with Gasteiger partial charge in [0.05, 0.1) is 19.8 Å². The van der Waals surface area contributed by atoms with Gasteiger partial charge in [-0.05, 0) is 38.5 Å². The lowest BCUT2D eigenvalue weighted by atomic mass is 9.89. The highest BCUT2D eigenvalue weighted by molar-refractivity contribution is 5.76. The van der Waals surface area contributed by atoms with E-state index in [1.54, 1.807) is 14.0 Å². The van der Waals surface area contributed by atoms with Gasteiger partial charge in [0, 0.05) is 12.3 Å². The van der Waals surface area contributed by atoms with E-state index in [4.69, 9.17) is 14.2 Å². The first-order chi connectivity index (χ1) is 9.41. The van der Waals surface area contributed by atoms with Crippen molar-refractivity contribution in [2.45, 2.75) is 45.0 Å². The topological polar surface area (TPSA) is 44.8 Å². The number of rotatable bonds is 5. The second-order valence-corrected chi connectivity index (χ2v) is 5.65. The zero-order valence-corrected chi connectivity index (χ0v) is 12.5. The molecule has 0 bridgehead atoms. The lowest BCUT2D eigenvalue weighted by molar-refractivity contribution is -0.142. The third-order valence-electron chi connectivity index (χ3n) is 3.53. The van der Waals surface area contributed by atoms with E-state index in [0.29, 0.717) is 13.0 Å². The Balaban J connectivity index is 2.20. The Morgan fingerprint density at radius 2 is 2.05 bits per heavy atom. The molecule has 1 heterocycles. The lowest BCUT2D eigenvalue weighted by Gasteiger charge is -2.24. The first-order valence-electron chi connectivity index (χ1n) is 6.86. The standard InChI is InChI=1S/C16H22O4/c1-11(17)9-14(15-10-19-16(2,3)20-15)12-5-7-13(18-4)8-6-12/h5-8,14-15H,9-10H2,1-4H3/t14-,15-/m0/s1. The summed E-state index contributed by atoms with van der Waals surface area (Å²) in [6, 6.07) is 7.79. The number of hydrogen-bond acceptors (Lipinski definition) is 4. The number of ketones is 1. The molecule has 1 aliphatic heterocycles. The predicted molar refractivity (Wildman–Crippen MR) is 75.9 cm³/mol. The summed E-state index contributed by atoms with van der Waals surface area (Å²) < 4.78 is 16.7. The fourth-order valence-corrected chi connectivity index (χ4v) is 2.54. The van der Waals surface area contributed by atoms with Gasteiger partial charge in [-0.15, -0.1) is 0 Å². The van der Waals surface area contributed by atoms with Gasteiger partial charge in [-0.2, -0.15) is 0 Å². The van der Waals surface area contributed by atoms with Gasteiger partial charge >= 0.3 is 0 Å². The molecule has 2 atom stereocenters. The van der Waals surface area contributed by atoms with Crippen LogP contribution in [-0.4, -0.2) is 31.4 Å². The summed E-state index contributed by atoms with van der Waals surface area (Å²) in [4.78, 5) is 11.5. The predicted octanol–water partition coefficient (Wildman–Crippen LogP) is 2.91. The molecular weight excluding hydrogens is 256 g/mol. The second-order valence-electron chi connectivity index (χ2n) is 5.65. The van der Waals surface area contributed by atoms with E-state index in [1.165, 1.54) is 0 Å². The molecule has 0 amide bonds. The molecule has 0 spiro atoms. The van der Waals surface area contributed by atoms with E-state index in [1.807, 2.05) is 38.1 Å². The summed E-state index contributed by atoms with van der Waals surface area (Å²) in [7, 11) is 1.64. The number of methoxy groups -OCH3 is 1. The maximum atomic E-state index is 11.5. The minimum atomic E-state index is -0.577. The van der Waals surface area contributed by atoms with Gasteiger partial charge < -0.3 is 19.0 Å². The van der Waals surface area contributed by atoms with E-state index in [9.17, 15) is 4.79 Å². The summed E-state index contributed by atoms with van der Waals surface area (Å²) in [5.41, 5.74) is 1.08. The van der Waals surface area contributed by atoms with Gasteiger partial charge in [0.15, 0.2) is 5.79 Å². The van der Waals surface area contributed by atoms with Crippen LogP contribution in [0.2, 0.25) is 0 Å². The molecule has 2 rings (SSSR count). The minimum absolute atomic E-state index is 0.0141. The van der Waals surface area contributed by atoms with Crippen molar-refractivity contribution in [1.29, 1.82) is 0 Å². The Bertz CT molecular complexity index is 464. The number of benzene rings is 1. The minimum Gasteiger partial charge on any atom is -0.497 e. The SMILES string of the molecule is COc1ccc([C@H](CC(C)=O)[C@@H]2COC(C)(C)O2)cc1. The fourth-order valence-electron chi connectivity index (χ4n) is 2.54. The number of carbonyl (C=O) groups excluding carboxylic acids is 1. The highest BCUT2D eigenvalue weighted by Crippen LogP contribution is 2.34. The molecule has 0 radical (unpaired) electrons. The van der Waals surface area contributed by atoms with Crippen LogP contribution in [0, 0.1) is 0 Å². The van der Waals surface area contributed by atoms with E-state index in [2.05, 4.69) is 0 Å². The molecule has 0 unspecified atom stereocenters. The summed E-state index contributed by atoms with van der Waals surface area (Å²) in [6.07, 6.45) is 0.360. The van der Waals surface area contributed by atoms with E-state index < -0.39 is 5.79 Å². The zero-order valence-electron chi connectivity index (χ0n) is 12.5. The van der Waals surface area contributed by atoms with Gasteiger partial charge in [0.2, 0.25) is 0 Å². The van der Waals surface area contributed by atoms with Crippen LogP contribution in [0.15, 0.2) is 24.3 Å². The maximum Gasteiger partial charge on any atom is 0.163 e. The van der Waals surface area contributed by atoms with Crippen LogP contribution in [0.4, 0.5) is 0 Å². The van der Waals surface area contributed by atoms with E-state index in [0.717, 1.165) is 11.3 Å². The monoisotopic (exact) mass is 278 g/mol. The molecule has 4 heteroatoms. The smallest absolute Gasteiger partial charge is 0.163 e. The fraction of sp³-hybridized carbons (Fsp3) is 0.562. The largest absolute Gasteiger partial charge is 0.497 e. The summed E-state index contributed by atoms with van der Waals surface area (Å²) >= 11 is 0.